The fourth-order valence-corrected chi connectivity index (χ4v) is 3.41. The number of likely N-dealkylation sites (tertiary alicyclic amines) is 1. The van der Waals surface area contributed by atoms with E-state index in [9.17, 15) is 0 Å². The molecule has 1 nitrogen and oxygen atoms in total. The summed E-state index contributed by atoms with van der Waals surface area (Å²) in [7, 11) is 0. The van der Waals surface area contributed by atoms with Gasteiger partial charge in [0, 0.05) is 6.54 Å². The molecule has 0 aromatic heterocycles. The van der Waals surface area contributed by atoms with Crippen LogP contribution in [0, 0.1) is 76.4 Å². The van der Waals surface area contributed by atoms with E-state index in [2.05, 4.69) is 61.2 Å². The van der Waals surface area contributed by atoms with Crippen molar-refractivity contribution in [2.75, 3.05) is 13.1 Å². The zero-order valence-electron chi connectivity index (χ0n) is 19.1. The molecule has 1 saturated heterocycles. The zero-order chi connectivity index (χ0) is 21.3. The minimum absolute atomic E-state index is 0. The molecule has 1 aliphatic heterocycles. The van der Waals surface area contributed by atoms with Gasteiger partial charge in [-0.05, 0) is 82.9 Å². The smallest absolute Gasteiger partial charge is 0.373 e. The standard InChI is InChI=1S/C19H25N.2C5H5.Zr/c1-3-8-18-12-14-20(15-13-19(18)9-4-2)16-17-10-6-5-7-11-17;2*1-2-4-5-3-1;/h5-7,10-11H,3-4,12-16H2,1-2H3;2*1-5H;/q-2;;;+4. The quantitative estimate of drug-likeness (QED) is 0.432. The second kappa shape index (κ2) is 19.1. The Morgan fingerprint density at radius 2 is 1.03 bits per heavy atom. The van der Waals surface area contributed by atoms with E-state index < -0.39 is 0 Å². The maximum absolute atomic E-state index is 3.53. The van der Waals surface area contributed by atoms with Crippen LogP contribution in [0.2, 0.25) is 0 Å². The average Bonchev–Trinajstić information content (AvgIpc) is 3.51. The third kappa shape index (κ3) is 13.0. The molecule has 2 aliphatic carbocycles. The predicted octanol–water partition coefficient (Wildman–Crippen LogP) is 6.60. The van der Waals surface area contributed by atoms with Gasteiger partial charge in [-0.3, -0.25) is 0 Å². The van der Waals surface area contributed by atoms with Gasteiger partial charge in [-0.15, -0.1) is 25.7 Å². The summed E-state index contributed by atoms with van der Waals surface area (Å²) in [6.45, 7) is 7.66. The van der Waals surface area contributed by atoms with Gasteiger partial charge in [-0.2, -0.15) is 0 Å². The van der Waals surface area contributed by atoms with Crippen LogP contribution in [0.25, 0.3) is 0 Å². The van der Waals surface area contributed by atoms with Gasteiger partial charge in [-0.25, -0.2) is 0 Å². The molecule has 1 heterocycles. The van der Waals surface area contributed by atoms with Crippen LogP contribution < -0.4 is 0 Å². The molecule has 0 bridgehead atoms. The normalized spacial score (nSPS) is 21.5. The van der Waals surface area contributed by atoms with Gasteiger partial charge in [0.15, 0.2) is 0 Å². The van der Waals surface area contributed by atoms with Crippen molar-refractivity contribution in [1.82, 2.24) is 4.90 Å². The van der Waals surface area contributed by atoms with Gasteiger partial charge in [0.1, 0.15) is 0 Å². The topological polar surface area (TPSA) is 3.24 Å². The van der Waals surface area contributed by atoms with Crippen molar-refractivity contribution in [2.24, 2.45) is 0 Å². The van der Waals surface area contributed by atoms with Gasteiger partial charge >= 0.3 is 26.2 Å². The number of hydrogen-bond acceptors (Lipinski definition) is 1. The maximum Gasteiger partial charge on any atom is 4.00 e. The van der Waals surface area contributed by atoms with E-state index in [0.717, 1.165) is 45.3 Å². The molecule has 31 heavy (non-hydrogen) atoms. The molecule has 0 atom stereocenters. The van der Waals surface area contributed by atoms with Crippen LogP contribution in [0.4, 0.5) is 0 Å². The first-order valence-corrected chi connectivity index (χ1v) is 11.1. The summed E-state index contributed by atoms with van der Waals surface area (Å²) >= 11 is 0. The zero-order valence-corrected chi connectivity index (χ0v) is 21.5. The predicted molar refractivity (Wildman–Crippen MR) is 128 cm³/mol. The van der Waals surface area contributed by atoms with Gasteiger partial charge in [0.05, 0.1) is 0 Å². The molecule has 2 heteroatoms. The van der Waals surface area contributed by atoms with Gasteiger partial charge in [-0.1, -0.05) is 44.2 Å². The van der Waals surface area contributed by atoms with E-state index in [4.69, 9.17) is 0 Å². The van der Waals surface area contributed by atoms with E-state index >= 15 is 0 Å². The summed E-state index contributed by atoms with van der Waals surface area (Å²) in [6, 6.07) is 10.8. The van der Waals surface area contributed by atoms with Crippen LogP contribution in [-0.4, -0.2) is 18.0 Å². The molecule has 4 rings (SSSR count). The molecular formula is C29H35NZr+2. The second-order valence-corrected chi connectivity index (χ2v) is 7.20. The van der Waals surface area contributed by atoms with E-state index in [1.165, 1.54) is 16.7 Å². The first-order chi connectivity index (χ1) is 14.8. The van der Waals surface area contributed by atoms with Crippen molar-refractivity contribution in [3.8, 4) is 0 Å². The fourth-order valence-electron chi connectivity index (χ4n) is 3.41. The summed E-state index contributed by atoms with van der Waals surface area (Å²) in [5.41, 5.74) is 4.22. The van der Waals surface area contributed by atoms with Gasteiger partial charge < -0.3 is 28.2 Å². The SMILES string of the molecule is CC[C-]=C1CCN(Cc2ccccc2)CCC1=[C-]CC.[CH]1[CH][CH][CH][CH]1.[CH]1[CH][CH][CH][CH]1.[Zr+4]. The first-order valence-electron chi connectivity index (χ1n) is 11.1. The van der Waals surface area contributed by atoms with Crippen molar-refractivity contribution in [1.29, 1.82) is 0 Å². The second-order valence-electron chi connectivity index (χ2n) is 7.20. The van der Waals surface area contributed by atoms with Gasteiger partial charge in [0.2, 0.25) is 0 Å². The van der Waals surface area contributed by atoms with Crippen molar-refractivity contribution in [2.45, 2.75) is 46.1 Å². The van der Waals surface area contributed by atoms with E-state index in [-0.39, 0.29) is 26.2 Å². The molecule has 3 aliphatic rings. The van der Waals surface area contributed by atoms with Crippen LogP contribution in [-0.2, 0) is 32.7 Å². The van der Waals surface area contributed by atoms with Crippen molar-refractivity contribution in [3.63, 3.8) is 0 Å². The van der Waals surface area contributed by atoms with Crippen molar-refractivity contribution in [3.05, 3.63) is 123 Å². The molecule has 158 valence electrons. The minimum Gasteiger partial charge on any atom is -0.373 e. The summed E-state index contributed by atoms with van der Waals surface area (Å²) in [5, 5.41) is 0. The maximum atomic E-state index is 3.53. The number of benzene rings is 1. The summed E-state index contributed by atoms with van der Waals surface area (Å²) < 4.78 is 0. The van der Waals surface area contributed by atoms with Crippen molar-refractivity contribution < 1.29 is 26.2 Å². The van der Waals surface area contributed by atoms with E-state index in [1.54, 1.807) is 0 Å². The molecule has 10 radical (unpaired) electrons. The third-order valence-corrected chi connectivity index (χ3v) is 4.86. The molecule has 0 unspecified atom stereocenters. The summed E-state index contributed by atoms with van der Waals surface area (Å²) in [4.78, 5) is 2.55. The molecule has 0 N–H and O–H groups in total. The number of allylic oxidation sites excluding steroid dienone is 2. The molecule has 0 spiro atoms. The van der Waals surface area contributed by atoms with Crippen molar-refractivity contribution >= 4 is 0 Å². The van der Waals surface area contributed by atoms with Crippen LogP contribution in [0.5, 0.6) is 0 Å². The Morgan fingerprint density at radius 3 is 1.39 bits per heavy atom. The summed E-state index contributed by atoms with van der Waals surface area (Å²) in [6.07, 6.45) is 31.3. The molecule has 2 saturated carbocycles. The Labute approximate surface area is 212 Å². The molecule has 1 aromatic rings. The largest absolute Gasteiger partial charge is 4.00 e. The van der Waals surface area contributed by atoms with Gasteiger partial charge in [0.25, 0.3) is 0 Å². The van der Waals surface area contributed by atoms with E-state index in [0.29, 0.717) is 0 Å². The Bertz CT molecular complexity index is 547. The molecule has 3 fully saturated rings. The molecular weight excluding hydrogens is 454 g/mol. The Kier molecular flexibility index (Phi) is 17.6. The Balaban J connectivity index is 0.000000356. The van der Waals surface area contributed by atoms with Crippen LogP contribution in [0.1, 0.15) is 45.1 Å². The van der Waals surface area contributed by atoms with Crippen LogP contribution >= 0.6 is 0 Å². The fraction of sp³-hybridized carbons (Fsp3) is 0.310. The Morgan fingerprint density at radius 1 is 0.645 bits per heavy atom. The average molecular weight is 489 g/mol. The van der Waals surface area contributed by atoms with E-state index in [1.807, 2.05) is 64.2 Å². The minimum atomic E-state index is 0. The van der Waals surface area contributed by atoms with Crippen LogP contribution in [0.3, 0.4) is 0 Å². The van der Waals surface area contributed by atoms with Crippen LogP contribution in [0.15, 0.2) is 41.5 Å². The number of nitrogens with zero attached hydrogens (tertiary/aromatic N) is 1. The number of hydrogen-bond donors (Lipinski definition) is 0. The molecule has 0 amide bonds. The first kappa shape index (κ1) is 28.6. The number of rotatable bonds is 4. The molecule has 1 aromatic carbocycles. The third-order valence-electron chi connectivity index (χ3n) is 4.86. The Hall–Kier alpha value is -0.457. The monoisotopic (exact) mass is 487 g/mol. The summed E-state index contributed by atoms with van der Waals surface area (Å²) in [5.74, 6) is 0.